The second-order valence-electron chi connectivity index (χ2n) is 5.93. The molecule has 0 aromatic heterocycles. The molecule has 0 amide bonds. The van der Waals surface area contributed by atoms with E-state index >= 15 is 0 Å². The first-order chi connectivity index (χ1) is 9.61. The van der Waals surface area contributed by atoms with E-state index in [-0.39, 0.29) is 5.38 Å². The highest BCUT2D eigenvalue weighted by molar-refractivity contribution is 6.21. The van der Waals surface area contributed by atoms with Gasteiger partial charge in [-0.2, -0.15) is 0 Å². The molecule has 0 spiro atoms. The van der Waals surface area contributed by atoms with Crippen LogP contribution in [0.5, 0.6) is 5.75 Å². The van der Waals surface area contributed by atoms with Gasteiger partial charge in [-0.05, 0) is 44.0 Å². The summed E-state index contributed by atoms with van der Waals surface area (Å²) in [6.45, 7) is 2.98. The molecule has 3 heteroatoms. The van der Waals surface area contributed by atoms with E-state index in [1.807, 2.05) is 6.07 Å². The Balaban J connectivity index is 1.96. The molecule has 0 aliphatic heterocycles. The summed E-state index contributed by atoms with van der Waals surface area (Å²) >= 11 is 6.61. The maximum absolute atomic E-state index is 6.61. The number of halogens is 1. The third-order valence-electron chi connectivity index (χ3n) is 4.43. The highest BCUT2D eigenvalue weighted by atomic mass is 35.5. The zero-order chi connectivity index (χ0) is 14.5. The fourth-order valence-corrected chi connectivity index (χ4v) is 3.48. The van der Waals surface area contributed by atoms with E-state index in [0.29, 0.717) is 6.04 Å². The van der Waals surface area contributed by atoms with Crippen molar-refractivity contribution in [2.24, 2.45) is 0 Å². The molecule has 0 bridgehead atoms. The van der Waals surface area contributed by atoms with Gasteiger partial charge < -0.3 is 9.64 Å². The van der Waals surface area contributed by atoms with Crippen LogP contribution in [0.3, 0.4) is 0 Å². The zero-order valence-corrected chi connectivity index (χ0v) is 13.6. The number of alkyl halides is 1. The van der Waals surface area contributed by atoms with Crippen molar-refractivity contribution in [1.29, 1.82) is 0 Å². The highest BCUT2D eigenvalue weighted by Crippen LogP contribution is 2.29. The number of hydrogen-bond donors (Lipinski definition) is 0. The predicted octanol–water partition coefficient (Wildman–Crippen LogP) is 4.55. The molecule has 0 saturated heterocycles. The van der Waals surface area contributed by atoms with E-state index in [9.17, 15) is 0 Å². The summed E-state index contributed by atoms with van der Waals surface area (Å²) in [6, 6.07) is 6.95. The number of benzene rings is 1. The Hall–Kier alpha value is -0.730. The minimum atomic E-state index is 0.0477. The van der Waals surface area contributed by atoms with Crippen LogP contribution in [0, 0.1) is 6.92 Å². The fourth-order valence-electron chi connectivity index (χ4n) is 3.13. The number of aryl methyl sites for hydroxylation is 1. The van der Waals surface area contributed by atoms with Gasteiger partial charge in [0.25, 0.3) is 0 Å². The van der Waals surface area contributed by atoms with Gasteiger partial charge >= 0.3 is 0 Å². The normalized spacial score (nSPS) is 18.2. The fraction of sp³-hybridized carbons (Fsp3) is 0.647. The van der Waals surface area contributed by atoms with E-state index in [0.717, 1.165) is 17.9 Å². The van der Waals surface area contributed by atoms with E-state index in [2.05, 4.69) is 31.0 Å². The Morgan fingerprint density at radius 2 is 2.00 bits per heavy atom. The second-order valence-corrected chi connectivity index (χ2v) is 6.45. The molecule has 1 fully saturated rings. The van der Waals surface area contributed by atoms with Crippen LogP contribution in [0.15, 0.2) is 18.2 Å². The predicted molar refractivity (Wildman–Crippen MR) is 85.8 cm³/mol. The smallest absolute Gasteiger partial charge is 0.121 e. The van der Waals surface area contributed by atoms with E-state index in [1.165, 1.54) is 37.7 Å². The van der Waals surface area contributed by atoms with E-state index in [4.69, 9.17) is 16.3 Å². The third-order valence-corrected chi connectivity index (χ3v) is 4.82. The van der Waals surface area contributed by atoms with Crippen molar-refractivity contribution in [1.82, 2.24) is 4.90 Å². The van der Waals surface area contributed by atoms with Crippen molar-refractivity contribution in [3.05, 3.63) is 29.3 Å². The van der Waals surface area contributed by atoms with Crippen molar-refractivity contribution in [2.75, 3.05) is 20.7 Å². The Morgan fingerprint density at radius 3 is 2.60 bits per heavy atom. The molecule has 2 rings (SSSR count). The molecule has 1 saturated carbocycles. The van der Waals surface area contributed by atoms with Gasteiger partial charge in [-0.25, -0.2) is 0 Å². The topological polar surface area (TPSA) is 12.5 Å². The summed E-state index contributed by atoms with van der Waals surface area (Å²) in [4.78, 5) is 2.44. The summed E-state index contributed by atoms with van der Waals surface area (Å²) in [6.07, 6.45) is 6.77. The quantitative estimate of drug-likeness (QED) is 0.739. The second kappa shape index (κ2) is 7.33. The minimum Gasteiger partial charge on any atom is -0.496 e. The average Bonchev–Trinajstić information content (AvgIpc) is 2.48. The number of ether oxygens (including phenoxy) is 1. The lowest BCUT2D eigenvalue weighted by Gasteiger charge is -2.32. The Labute approximate surface area is 128 Å². The van der Waals surface area contributed by atoms with Gasteiger partial charge in [0, 0.05) is 12.6 Å². The van der Waals surface area contributed by atoms with Crippen molar-refractivity contribution >= 4 is 11.6 Å². The van der Waals surface area contributed by atoms with Gasteiger partial charge in [0.15, 0.2) is 0 Å². The number of rotatable bonds is 5. The van der Waals surface area contributed by atoms with Crippen LogP contribution >= 0.6 is 11.6 Å². The average molecular weight is 296 g/mol. The molecule has 20 heavy (non-hydrogen) atoms. The van der Waals surface area contributed by atoms with Crippen LogP contribution in [0.1, 0.15) is 48.6 Å². The van der Waals surface area contributed by atoms with Crippen LogP contribution < -0.4 is 4.74 Å². The van der Waals surface area contributed by atoms with Gasteiger partial charge in [-0.3, -0.25) is 0 Å². The van der Waals surface area contributed by atoms with Crippen LogP contribution in [0.25, 0.3) is 0 Å². The lowest BCUT2D eigenvalue weighted by molar-refractivity contribution is 0.192. The van der Waals surface area contributed by atoms with Crippen molar-refractivity contribution in [3.8, 4) is 5.75 Å². The standard InChI is InChI=1S/C17H26ClNO/c1-13-11-14(9-10-17(13)20-3)16(18)12-19(2)15-7-5-4-6-8-15/h9-11,15-16H,4-8,12H2,1-3H3. The lowest BCUT2D eigenvalue weighted by Crippen LogP contribution is -2.35. The summed E-state index contributed by atoms with van der Waals surface area (Å²) in [7, 11) is 3.92. The Bertz CT molecular complexity index is 429. The SMILES string of the molecule is COc1ccc(C(Cl)CN(C)C2CCCCC2)cc1C. The molecular formula is C17H26ClNO. The molecule has 0 radical (unpaired) electrons. The summed E-state index contributed by atoms with van der Waals surface area (Å²) in [5.41, 5.74) is 2.34. The number of likely N-dealkylation sites (N-methyl/N-ethyl adjacent to an activating group) is 1. The molecule has 1 atom stereocenters. The Morgan fingerprint density at radius 1 is 1.30 bits per heavy atom. The first-order valence-electron chi connectivity index (χ1n) is 7.60. The van der Waals surface area contributed by atoms with Crippen molar-refractivity contribution in [3.63, 3.8) is 0 Å². The van der Waals surface area contributed by atoms with Gasteiger partial charge in [0.2, 0.25) is 0 Å². The van der Waals surface area contributed by atoms with Crippen molar-refractivity contribution in [2.45, 2.75) is 50.4 Å². The molecule has 2 nitrogen and oxygen atoms in total. The molecule has 0 N–H and O–H groups in total. The molecule has 1 unspecified atom stereocenters. The van der Waals surface area contributed by atoms with Crippen LogP contribution in [0.2, 0.25) is 0 Å². The largest absolute Gasteiger partial charge is 0.496 e. The monoisotopic (exact) mass is 295 g/mol. The van der Waals surface area contributed by atoms with E-state index < -0.39 is 0 Å². The maximum atomic E-state index is 6.61. The molecule has 112 valence electrons. The molecule has 1 aromatic carbocycles. The molecule has 1 aliphatic rings. The molecule has 1 aliphatic carbocycles. The number of nitrogens with zero attached hydrogens (tertiary/aromatic N) is 1. The van der Waals surface area contributed by atoms with Crippen LogP contribution in [-0.2, 0) is 0 Å². The minimum absolute atomic E-state index is 0.0477. The molecule has 0 heterocycles. The first kappa shape index (κ1) is 15.7. The van der Waals surface area contributed by atoms with Gasteiger partial charge in [-0.1, -0.05) is 31.4 Å². The zero-order valence-electron chi connectivity index (χ0n) is 12.9. The molecule has 1 aromatic rings. The van der Waals surface area contributed by atoms with Crippen molar-refractivity contribution < 1.29 is 4.74 Å². The summed E-state index contributed by atoms with van der Waals surface area (Å²) < 4.78 is 5.30. The number of hydrogen-bond acceptors (Lipinski definition) is 2. The molecular weight excluding hydrogens is 270 g/mol. The third kappa shape index (κ3) is 3.89. The highest BCUT2D eigenvalue weighted by Gasteiger charge is 2.21. The van der Waals surface area contributed by atoms with Gasteiger partial charge in [0.1, 0.15) is 5.75 Å². The first-order valence-corrected chi connectivity index (χ1v) is 8.04. The van der Waals surface area contributed by atoms with E-state index in [1.54, 1.807) is 7.11 Å². The van der Waals surface area contributed by atoms with Gasteiger partial charge in [-0.15, -0.1) is 11.6 Å². The summed E-state index contributed by atoms with van der Waals surface area (Å²) in [5.74, 6) is 0.929. The van der Waals surface area contributed by atoms with Gasteiger partial charge in [0.05, 0.1) is 12.5 Å². The maximum Gasteiger partial charge on any atom is 0.121 e. The van der Waals surface area contributed by atoms with Crippen LogP contribution in [-0.4, -0.2) is 31.6 Å². The Kier molecular flexibility index (Phi) is 5.74. The lowest BCUT2D eigenvalue weighted by atomic mass is 9.94. The van der Waals surface area contributed by atoms with Crippen LogP contribution in [0.4, 0.5) is 0 Å². The summed E-state index contributed by atoms with van der Waals surface area (Å²) in [5, 5.41) is 0.0477. The number of methoxy groups -OCH3 is 1.